The van der Waals surface area contributed by atoms with Crippen LogP contribution in [-0.4, -0.2) is 0 Å². The third kappa shape index (κ3) is 1.23. The van der Waals surface area contributed by atoms with Crippen LogP contribution >= 0.6 is 0 Å². The Morgan fingerprint density at radius 2 is 1.65 bits per heavy atom. The molecule has 0 saturated heterocycles. The molecule has 0 aliphatic heterocycles. The van der Waals surface area contributed by atoms with Crippen LogP contribution in [0.5, 0.6) is 0 Å². The number of rotatable bonds is 0. The van der Waals surface area contributed by atoms with Crippen molar-refractivity contribution in [2.75, 3.05) is 0 Å². The summed E-state index contributed by atoms with van der Waals surface area (Å²) in [6.45, 7) is 9.05. The van der Waals surface area contributed by atoms with Crippen molar-refractivity contribution in [2.24, 2.45) is 0 Å². The van der Waals surface area contributed by atoms with Gasteiger partial charge in [-0.15, -0.1) is 0 Å². The van der Waals surface area contributed by atoms with E-state index in [9.17, 15) is 0 Å². The Morgan fingerprint density at radius 1 is 0.900 bits per heavy atom. The van der Waals surface area contributed by atoms with Gasteiger partial charge in [0.1, 0.15) is 11.2 Å². The second-order valence-electron chi connectivity index (χ2n) is 6.34. The maximum atomic E-state index is 6.17. The Balaban J connectivity index is 2.22. The minimum Gasteiger partial charge on any atom is -0.455 e. The lowest BCUT2D eigenvalue weighted by Gasteiger charge is -2.22. The zero-order valence-electron chi connectivity index (χ0n) is 12.4. The summed E-state index contributed by atoms with van der Waals surface area (Å²) in [6, 6.07) is 12.8. The Kier molecular flexibility index (Phi) is 2.09. The van der Waals surface area contributed by atoms with E-state index < -0.39 is 0 Å². The first-order chi connectivity index (χ1) is 9.51. The third-order valence-electron chi connectivity index (χ3n) is 5.10. The normalized spacial score (nSPS) is 17.2. The maximum Gasteiger partial charge on any atom is 0.143 e. The number of fused-ring (bicyclic) bond motifs is 5. The molecule has 1 aliphatic rings. The Labute approximate surface area is 118 Å². The first-order valence-corrected chi connectivity index (χ1v) is 7.15. The van der Waals surface area contributed by atoms with Crippen molar-refractivity contribution >= 4 is 27.5 Å². The quantitative estimate of drug-likeness (QED) is 0.508. The molecule has 0 amide bonds. The van der Waals surface area contributed by atoms with Crippen molar-refractivity contribution in [3.63, 3.8) is 0 Å². The molecule has 0 spiro atoms. The van der Waals surface area contributed by atoms with E-state index in [-0.39, 0.29) is 5.41 Å². The summed E-state index contributed by atoms with van der Waals surface area (Å²) in [4.78, 5) is 0. The highest BCUT2D eigenvalue weighted by Crippen LogP contribution is 2.49. The fraction of sp³-hybridized carbons (Fsp3) is 0.263. The summed E-state index contributed by atoms with van der Waals surface area (Å²) in [5.41, 5.74) is 7.64. The van der Waals surface area contributed by atoms with Gasteiger partial charge in [0.2, 0.25) is 0 Å². The monoisotopic (exact) mass is 262 g/mol. The predicted molar refractivity (Wildman–Crippen MR) is 85.0 cm³/mol. The van der Waals surface area contributed by atoms with Crippen LogP contribution < -0.4 is 0 Å². The molecule has 1 aliphatic carbocycles. The molecule has 4 rings (SSSR count). The highest BCUT2D eigenvalue weighted by molar-refractivity contribution is 6.09. The van der Waals surface area contributed by atoms with Crippen molar-refractivity contribution in [1.29, 1.82) is 0 Å². The van der Waals surface area contributed by atoms with Gasteiger partial charge >= 0.3 is 0 Å². The molecule has 0 radical (unpaired) electrons. The van der Waals surface area contributed by atoms with Crippen LogP contribution in [0.3, 0.4) is 0 Å². The molecule has 0 bridgehead atoms. The molecule has 0 N–H and O–H groups in total. The molecule has 1 aromatic heterocycles. The molecule has 20 heavy (non-hydrogen) atoms. The molecule has 100 valence electrons. The van der Waals surface area contributed by atoms with E-state index in [1.54, 1.807) is 0 Å². The largest absolute Gasteiger partial charge is 0.455 e. The molecule has 0 saturated carbocycles. The van der Waals surface area contributed by atoms with Crippen LogP contribution in [0.15, 0.2) is 46.4 Å². The fourth-order valence-corrected chi connectivity index (χ4v) is 3.54. The summed E-state index contributed by atoms with van der Waals surface area (Å²) in [7, 11) is 0. The lowest BCUT2D eigenvalue weighted by atomic mass is 9.82. The van der Waals surface area contributed by atoms with Crippen LogP contribution in [0.1, 0.15) is 38.8 Å². The van der Waals surface area contributed by atoms with Crippen LogP contribution in [-0.2, 0) is 5.41 Å². The highest BCUT2D eigenvalue weighted by atomic mass is 16.3. The first kappa shape index (κ1) is 11.8. The van der Waals surface area contributed by atoms with Gasteiger partial charge in [0.15, 0.2) is 0 Å². The number of benzene rings is 2. The number of allylic oxidation sites excluding steroid dienone is 2. The molecule has 2 aromatic carbocycles. The van der Waals surface area contributed by atoms with Crippen LogP contribution in [0.25, 0.3) is 27.5 Å². The molecule has 3 aromatic rings. The lowest BCUT2D eigenvalue weighted by Crippen LogP contribution is -2.15. The highest BCUT2D eigenvalue weighted by Gasteiger charge is 2.35. The topological polar surface area (TPSA) is 13.1 Å². The number of para-hydroxylation sites is 1. The van der Waals surface area contributed by atoms with Crippen molar-refractivity contribution in [3.05, 3.63) is 53.1 Å². The van der Waals surface area contributed by atoms with Gasteiger partial charge in [-0.1, -0.05) is 49.8 Å². The van der Waals surface area contributed by atoms with Crippen LogP contribution in [0.4, 0.5) is 0 Å². The molecule has 1 heterocycles. The van der Waals surface area contributed by atoms with E-state index in [4.69, 9.17) is 4.42 Å². The van der Waals surface area contributed by atoms with Crippen molar-refractivity contribution in [1.82, 2.24) is 0 Å². The van der Waals surface area contributed by atoms with Crippen LogP contribution in [0, 0.1) is 0 Å². The summed E-state index contributed by atoms with van der Waals surface area (Å²) in [5.74, 6) is 0. The van der Waals surface area contributed by atoms with Crippen molar-refractivity contribution in [2.45, 2.75) is 33.1 Å². The molecule has 0 unspecified atom stereocenters. The van der Waals surface area contributed by atoms with E-state index in [0.717, 1.165) is 11.2 Å². The lowest BCUT2D eigenvalue weighted by molar-refractivity contribution is 0.634. The minimum absolute atomic E-state index is 0.104. The van der Waals surface area contributed by atoms with E-state index >= 15 is 0 Å². The van der Waals surface area contributed by atoms with E-state index in [1.165, 1.54) is 33.0 Å². The van der Waals surface area contributed by atoms with E-state index in [1.807, 2.05) is 12.1 Å². The molecule has 1 nitrogen and oxygen atoms in total. The molecular weight excluding hydrogens is 244 g/mol. The smallest absolute Gasteiger partial charge is 0.143 e. The number of furan rings is 1. The summed E-state index contributed by atoms with van der Waals surface area (Å²) < 4.78 is 6.17. The van der Waals surface area contributed by atoms with Gasteiger partial charge in [-0.25, -0.2) is 0 Å². The standard InChI is InChI=1S/C19H18O/c1-11-12(2)19(3,4)15-10-9-14-13-7-5-6-8-16(13)20-18(14)17(11)15/h5-10H,1-4H3. The Bertz CT molecular complexity index is 891. The Hall–Kier alpha value is -2.02. The predicted octanol–water partition coefficient (Wildman–Crippen LogP) is 5.67. The zero-order valence-corrected chi connectivity index (χ0v) is 12.4. The summed E-state index contributed by atoms with van der Waals surface area (Å²) in [6.07, 6.45) is 0. The van der Waals surface area contributed by atoms with Gasteiger partial charge in [-0.3, -0.25) is 0 Å². The molecular formula is C19H18O. The van der Waals surface area contributed by atoms with E-state index in [0.29, 0.717) is 0 Å². The van der Waals surface area contributed by atoms with Crippen molar-refractivity contribution in [3.8, 4) is 0 Å². The fourth-order valence-electron chi connectivity index (χ4n) is 3.54. The minimum atomic E-state index is 0.104. The average Bonchev–Trinajstić information content (AvgIpc) is 2.89. The second-order valence-corrected chi connectivity index (χ2v) is 6.34. The second kappa shape index (κ2) is 3.54. The van der Waals surface area contributed by atoms with Crippen LogP contribution in [0.2, 0.25) is 0 Å². The van der Waals surface area contributed by atoms with Gasteiger partial charge in [-0.2, -0.15) is 0 Å². The molecule has 0 fully saturated rings. The van der Waals surface area contributed by atoms with Crippen molar-refractivity contribution < 1.29 is 4.42 Å². The van der Waals surface area contributed by atoms with Gasteiger partial charge in [-0.05, 0) is 31.1 Å². The van der Waals surface area contributed by atoms with Gasteiger partial charge in [0, 0.05) is 21.8 Å². The summed E-state index contributed by atoms with van der Waals surface area (Å²) in [5, 5.41) is 2.43. The van der Waals surface area contributed by atoms with Gasteiger partial charge in [0.25, 0.3) is 0 Å². The molecule has 0 atom stereocenters. The number of hydrogen-bond donors (Lipinski definition) is 0. The van der Waals surface area contributed by atoms with Gasteiger partial charge < -0.3 is 4.42 Å². The molecule has 1 heteroatoms. The average molecular weight is 262 g/mol. The Morgan fingerprint density at radius 3 is 2.45 bits per heavy atom. The van der Waals surface area contributed by atoms with E-state index in [2.05, 4.69) is 52.0 Å². The maximum absolute atomic E-state index is 6.17. The third-order valence-corrected chi connectivity index (χ3v) is 5.10. The SMILES string of the molecule is CC1=C(C)C(C)(C)c2ccc3c(oc4ccccc43)c21. The summed E-state index contributed by atoms with van der Waals surface area (Å²) >= 11 is 0. The number of hydrogen-bond acceptors (Lipinski definition) is 1. The van der Waals surface area contributed by atoms with Gasteiger partial charge in [0.05, 0.1) is 0 Å². The zero-order chi connectivity index (χ0) is 14.1. The first-order valence-electron chi connectivity index (χ1n) is 7.15.